The molecule has 0 amide bonds. The summed E-state index contributed by atoms with van der Waals surface area (Å²) in [6.07, 6.45) is 6.65. The minimum atomic E-state index is 0.255. The number of ether oxygens (including phenoxy) is 1. The van der Waals surface area contributed by atoms with Crippen LogP contribution in [0.25, 0.3) is 0 Å². The van der Waals surface area contributed by atoms with Crippen LogP contribution in [-0.2, 0) is 24.1 Å². The van der Waals surface area contributed by atoms with Gasteiger partial charge in [0.1, 0.15) is 5.82 Å². The summed E-state index contributed by atoms with van der Waals surface area (Å²) in [5.41, 5.74) is 5.94. The number of rotatable bonds is 2. The molecule has 2 aliphatic rings. The number of aromatic nitrogens is 3. The molecule has 2 N–H and O–H groups in total. The highest BCUT2D eigenvalue weighted by Crippen LogP contribution is 2.17. The highest BCUT2D eigenvalue weighted by Gasteiger charge is 2.21. The number of aryl methyl sites for hydroxylation is 1. The summed E-state index contributed by atoms with van der Waals surface area (Å²) in [7, 11) is 0. The summed E-state index contributed by atoms with van der Waals surface area (Å²) < 4.78 is 7.74. The zero-order chi connectivity index (χ0) is 11.7. The molecule has 0 spiro atoms. The molecule has 17 heavy (non-hydrogen) atoms. The van der Waals surface area contributed by atoms with Crippen molar-refractivity contribution in [2.24, 2.45) is 5.73 Å². The number of nitrogens with two attached hydrogens (primary N) is 1. The molecule has 3 rings (SSSR count). The molecule has 0 radical (unpaired) electrons. The second kappa shape index (κ2) is 4.74. The average molecular weight is 236 g/mol. The number of hydrogen-bond donors (Lipinski definition) is 1. The van der Waals surface area contributed by atoms with Gasteiger partial charge in [0, 0.05) is 32.0 Å². The van der Waals surface area contributed by atoms with Gasteiger partial charge in [0.15, 0.2) is 5.82 Å². The van der Waals surface area contributed by atoms with Gasteiger partial charge in [-0.3, -0.25) is 0 Å². The van der Waals surface area contributed by atoms with E-state index in [2.05, 4.69) is 10.1 Å². The Morgan fingerprint density at radius 2 is 2.29 bits per heavy atom. The van der Waals surface area contributed by atoms with Gasteiger partial charge in [-0.25, -0.2) is 9.67 Å². The van der Waals surface area contributed by atoms with Crippen LogP contribution in [0.3, 0.4) is 0 Å². The Balaban J connectivity index is 1.67. The van der Waals surface area contributed by atoms with Crippen molar-refractivity contribution in [1.82, 2.24) is 14.8 Å². The fourth-order valence-corrected chi connectivity index (χ4v) is 2.64. The molecule has 1 aromatic heterocycles. The van der Waals surface area contributed by atoms with Crippen LogP contribution < -0.4 is 5.73 Å². The fraction of sp³-hybridized carbons (Fsp3) is 0.833. The highest BCUT2D eigenvalue weighted by atomic mass is 16.5. The molecule has 5 nitrogen and oxygen atoms in total. The normalized spacial score (nSPS) is 29.0. The van der Waals surface area contributed by atoms with E-state index < -0.39 is 0 Å². The number of hydrogen-bond acceptors (Lipinski definition) is 4. The minimum Gasteiger partial charge on any atom is -0.378 e. The van der Waals surface area contributed by atoms with E-state index in [-0.39, 0.29) is 6.04 Å². The van der Waals surface area contributed by atoms with Crippen molar-refractivity contribution < 1.29 is 4.74 Å². The molecule has 1 aromatic rings. The van der Waals surface area contributed by atoms with Crippen LogP contribution >= 0.6 is 0 Å². The van der Waals surface area contributed by atoms with Gasteiger partial charge in [0.05, 0.1) is 6.10 Å². The van der Waals surface area contributed by atoms with Crippen LogP contribution in [-0.4, -0.2) is 33.5 Å². The quantitative estimate of drug-likeness (QED) is 0.819. The van der Waals surface area contributed by atoms with Gasteiger partial charge in [0.2, 0.25) is 0 Å². The van der Waals surface area contributed by atoms with E-state index in [0.717, 1.165) is 50.5 Å². The summed E-state index contributed by atoms with van der Waals surface area (Å²) in [5, 5.41) is 4.55. The fourth-order valence-electron chi connectivity index (χ4n) is 2.64. The first-order valence-electron chi connectivity index (χ1n) is 6.61. The summed E-state index contributed by atoms with van der Waals surface area (Å²) in [5.74, 6) is 1.98. The second-order valence-corrected chi connectivity index (χ2v) is 5.11. The van der Waals surface area contributed by atoms with Gasteiger partial charge in [-0.1, -0.05) is 0 Å². The van der Waals surface area contributed by atoms with Crippen LogP contribution in [0.5, 0.6) is 0 Å². The maximum absolute atomic E-state index is 5.94. The van der Waals surface area contributed by atoms with E-state index in [9.17, 15) is 0 Å². The molecule has 0 saturated carbocycles. The molecule has 2 unspecified atom stereocenters. The van der Waals surface area contributed by atoms with Crippen molar-refractivity contribution in [3.8, 4) is 0 Å². The summed E-state index contributed by atoms with van der Waals surface area (Å²) >= 11 is 0. The summed E-state index contributed by atoms with van der Waals surface area (Å²) in [6, 6.07) is 0.255. The average Bonchev–Trinajstić information content (AvgIpc) is 2.71. The van der Waals surface area contributed by atoms with Crippen LogP contribution in [0.2, 0.25) is 0 Å². The van der Waals surface area contributed by atoms with Crippen molar-refractivity contribution in [2.45, 2.75) is 57.2 Å². The monoisotopic (exact) mass is 236 g/mol. The Hall–Kier alpha value is -0.940. The third-order valence-electron chi connectivity index (χ3n) is 3.63. The van der Waals surface area contributed by atoms with Gasteiger partial charge in [-0.15, -0.1) is 0 Å². The molecule has 0 aromatic carbocycles. The van der Waals surface area contributed by atoms with E-state index in [1.54, 1.807) is 0 Å². The molecule has 0 aliphatic carbocycles. The maximum atomic E-state index is 5.94. The Bertz CT molecular complexity index is 384. The summed E-state index contributed by atoms with van der Waals surface area (Å²) in [6.45, 7) is 1.80. The maximum Gasteiger partial charge on any atom is 0.153 e. The third kappa shape index (κ3) is 2.50. The van der Waals surface area contributed by atoms with Gasteiger partial charge >= 0.3 is 0 Å². The molecule has 1 fully saturated rings. The molecule has 2 aliphatic heterocycles. The van der Waals surface area contributed by atoms with E-state index in [4.69, 9.17) is 10.5 Å². The lowest BCUT2D eigenvalue weighted by Crippen LogP contribution is -2.31. The molecule has 94 valence electrons. The number of fused-ring (bicyclic) bond motifs is 1. The van der Waals surface area contributed by atoms with Crippen molar-refractivity contribution in [3.05, 3.63) is 11.6 Å². The lowest BCUT2D eigenvalue weighted by Gasteiger charge is -2.21. The predicted octanol–water partition coefficient (Wildman–Crippen LogP) is 0.663. The molecular formula is C12H20N4O. The largest absolute Gasteiger partial charge is 0.378 e. The van der Waals surface area contributed by atoms with Crippen molar-refractivity contribution in [1.29, 1.82) is 0 Å². The van der Waals surface area contributed by atoms with Crippen LogP contribution in [0.4, 0.5) is 0 Å². The van der Waals surface area contributed by atoms with E-state index in [1.165, 1.54) is 12.8 Å². The topological polar surface area (TPSA) is 66.0 Å². The lowest BCUT2D eigenvalue weighted by atomic mass is 10.1. The van der Waals surface area contributed by atoms with E-state index >= 15 is 0 Å². The van der Waals surface area contributed by atoms with Crippen molar-refractivity contribution in [2.75, 3.05) is 6.61 Å². The third-order valence-corrected chi connectivity index (χ3v) is 3.63. The molecule has 5 heteroatoms. The van der Waals surface area contributed by atoms with Crippen molar-refractivity contribution >= 4 is 0 Å². The Kier molecular flexibility index (Phi) is 3.11. The second-order valence-electron chi connectivity index (χ2n) is 5.11. The van der Waals surface area contributed by atoms with E-state index in [0.29, 0.717) is 6.10 Å². The zero-order valence-electron chi connectivity index (χ0n) is 10.1. The Labute approximate surface area is 101 Å². The molecule has 0 bridgehead atoms. The number of nitrogens with zero attached hydrogens (tertiary/aromatic N) is 3. The first kappa shape index (κ1) is 11.2. The van der Waals surface area contributed by atoms with E-state index in [1.807, 2.05) is 4.68 Å². The Morgan fingerprint density at radius 3 is 3.12 bits per heavy atom. The first-order valence-corrected chi connectivity index (χ1v) is 6.61. The molecular weight excluding hydrogens is 216 g/mol. The standard InChI is InChI=1S/C12H20N4O/c13-9-4-5-16-12(7-9)14-11(15-16)8-10-3-1-2-6-17-10/h9-10H,1-8,13H2. The zero-order valence-corrected chi connectivity index (χ0v) is 10.1. The van der Waals surface area contributed by atoms with Crippen LogP contribution in [0, 0.1) is 0 Å². The first-order chi connectivity index (χ1) is 8.31. The highest BCUT2D eigenvalue weighted by molar-refractivity contribution is 5.00. The predicted molar refractivity (Wildman–Crippen MR) is 63.6 cm³/mol. The van der Waals surface area contributed by atoms with Gasteiger partial charge in [0.25, 0.3) is 0 Å². The van der Waals surface area contributed by atoms with Gasteiger partial charge in [-0.05, 0) is 25.7 Å². The summed E-state index contributed by atoms with van der Waals surface area (Å²) in [4.78, 5) is 4.59. The van der Waals surface area contributed by atoms with Crippen LogP contribution in [0.15, 0.2) is 0 Å². The van der Waals surface area contributed by atoms with Crippen molar-refractivity contribution in [3.63, 3.8) is 0 Å². The molecule has 1 saturated heterocycles. The lowest BCUT2D eigenvalue weighted by molar-refractivity contribution is 0.0156. The van der Waals surface area contributed by atoms with Gasteiger partial charge < -0.3 is 10.5 Å². The Morgan fingerprint density at radius 1 is 1.35 bits per heavy atom. The smallest absolute Gasteiger partial charge is 0.153 e. The van der Waals surface area contributed by atoms with Crippen LogP contribution in [0.1, 0.15) is 37.3 Å². The molecule has 2 atom stereocenters. The molecule has 3 heterocycles. The van der Waals surface area contributed by atoms with Gasteiger partial charge in [-0.2, -0.15) is 5.10 Å². The minimum absolute atomic E-state index is 0.255. The SMILES string of the molecule is NC1CCn2nc(CC3CCCCO3)nc2C1.